The summed E-state index contributed by atoms with van der Waals surface area (Å²) < 4.78 is 2.19. The fourth-order valence-corrected chi connectivity index (χ4v) is 2.78. The molecule has 1 aliphatic heterocycles. The Bertz CT molecular complexity index is 686. The van der Waals surface area contributed by atoms with E-state index in [4.69, 9.17) is 16.9 Å². The Labute approximate surface area is 128 Å². The lowest BCUT2D eigenvalue weighted by molar-refractivity contribution is 0.610. The van der Waals surface area contributed by atoms with E-state index in [2.05, 4.69) is 26.2 Å². The minimum absolute atomic E-state index is 0.544. The summed E-state index contributed by atoms with van der Waals surface area (Å²) in [6, 6.07) is 7.36. The zero-order chi connectivity index (χ0) is 14.7. The van der Waals surface area contributed by atoms with Crippen LogP contribution in [0.1, 0.15) is 36.5 Å². The van der Waals surface area contributed by atoms with E-state index in [1.807, 2.05) is 0 Å². The van der Waals surface area contributed by atoms with Crippen molar-refractivity contribution in [2.24, 2.45) is 0 Å². The van der Waals surface area contributed by atoms with E-state index in [9.17, 15) is 0 Å². The van der Waals surface area contributed by atoms with Crippen LogP contribution in [0.25, 0.3) is 0 Å². The zero-order valence-electron chi connectivity index (χ0n) is 11.6. The van der Waals surface area contributed by atoms with Gasteiger partial charge in [-0.15, -0.1) is 10.2 Å². The molecule has 2 aromatic rings. The smallest absolute Gasteiger partial charge is 0.152 e. The third-order valence-corrected chi connectivity index (χ3v) is 3.96. The van der Waals surface area contributed by atoms with Crippen molar-refractivity contribution in [3.8, 4) is 6.07 Å². The summed E-state index contributed by atoms with van der Waals surface area (Å²) in [5, 5.41) is 21.5. The molecule has 0 atom stereocenters. The van der Waals surface area contributed by atoms with Crippen molar-refractivity contribution in [3.63, 3.8) is 0 Å². The Kier molecular flexibility index (Phi) is 4.07. The number of nitriles is 1. The summed E-state index contributed by atoms with van der Waals surface area (Å²) in [6.45, 7) is 1.52. The van der Waals surface area contributed by atoms with Gasteiger partial charge in [-0.3, -0.25) is 0 Å². The Hall–Kier alpha value is -2.06. The number of fused-ring (bicyclic) bond motifs is 1. The standard InChI is InChI=1S/C15H16ClN5/c16-12-6-5-11(9-17)13(8-12)18-10-15-20-19-14-4-2-1-3-7-21(14)15/h5-6,8,18H,1-4,7,10H2. The maximum atomic E-state index is 9.13. The minimum atomic E-state index is 0.544. The highest BCUT2D eigenvalue weighted by molar-refractivity contribution is 6.30. The molecule has 0 unspecified atom stereocenters. The van der Waals surface area contributed by atoms with Gasteiger partial charge >= 0.3 is 0 Å². The Morgan fingerprint density at radius 2 is 2.19 bits per heavy atom. The van der Waals surface area contributed by atoms with Gasteiger partial charge in [0.05, 0.1) is 17.8 Å². The van der Waals surface area contributed by atoms with Crippen molar-refractivity contribution < 1.29 is 0 Å². The molecule has 0 aliphatic carbocycles. The van der Waals surface area contributed by atoms with Crippen LogP contribution in [-0.2, 0) is 19.5 Å². The zero-order valence-corrected chi connectivity index (χ0v) is 12.4. The molecule has 0 spiro atoms. The SMILES string of the molecule is N#Cc1ccc(Cl)cc1NCc1nnc2n1CCCCC2. The van der Waals surface area contributed by atoms with Gasteiger partial charge in [0.25, 0.3) is 0 Å². The van der Waals surface area contributed by atoms with Gasteiger partial charge in [0.1, 0.15) is 11.9 Å². The van der Waals surface area contributed by atoms with Crippen LogP contribution in [0.5, 0.6) is 0 Å². The first kappa shape index (κ1) is 13.9. The van der Waals surface area contributed by atoms with E-state index in [0.717, 1.165) is 30.3 Å². The lowest BCUT2D eigenvalue weighted by atomic mass is 10.2. The van der Waals surface area contributed by atoms with Gasteiger partial charge in [-0.05, 0) is 31.0 Å². The highest BCUT2D eigenvalue weighted by Crippen LogP contribution is 2.21. The predicted octanol–water partition coefficient (Wildman–Crippen LogP) is 3.14. The van der Waals surface area contributed by atoms with Crippen LogP contribution in [0.4, 0.5) is 5.69 Å². The molecule has 1 N–H and O–H groups in total. The summed E-state index contributed by atoms with van der Waals surface area (Å²) in [7, 11) is 0. The van der Waals surface area contributed by atoms with Gasteiger partial charge in [-0.25, -0.2) is 0 Å². The molecule has 3 rings (SSSR count). The molecular weight excluding hydrogens is 286 g/mol. The quantitative estimate of drug-likeness (QED) is 0.945. The van der Waals surface area contributed by atoms with Crippen LogP contribution in [0.15, 0.2) is 18.2 Å². The normalized spacial score (nSPS) is 14.1. The molecule has 0 saturated heterocycles. The van der Waals surface area contributed by atoms with Crippen molar-refractivity contribution in [1.29, 1.82) is 5.26 Å². The number of aromatic nitrogens is 3. The van der Waals surface area contributed by atoms with Gasteiger partial charge in [-0.2, -0.15) is 5.26 Å². The molecule has 0 radical (unpaired) electrons. The fourth-order valence-electron chi connectivity index (χ4n) is 2.61. The fraction of sp³-hybridized carbons (Fsp3) is 0.400. The van der Waals surface area contributed by atoms with Crippen molar-refractivity contribution in [3.05, 3.63) is 40.4 Å². The third-order valence-electron chi connectivity index (χ3n) is 3.73. The average Bonchev–Trinajstić information content (AvgIpc) is 2.72. The van der Waals surface area contributed by atoms with Crippen molar-refractivity contribution >= 4 is 17.3 Å². The van der Waals surface area contributed by atoms with Gasteiger partial charge in [-0.1, -0.05) is 18.0 Å². The molecule has 5 nitrogen and oxygen atoms in total. The van der Waals surface area contributed by atoms with Crippen LogP contribution in [0.3, 0.4) is 0 Å². The molecule has 6 heteroatoms. The molecule has 0 fully saturated rings. The molecule has 1 aromatic carbocycles. The first-order valence-corrected chi connectivity index (χ1v) is 7.50. The largest absolute Gasteiger partial charge is 0.377 e. The van der Waals surface area contributed by atoms with Crippen LogP contribution >= 0.6 is 11.6 Å². The molecule has 0 saturated carbocycles. The van der Waals surface area contributed by atoms with Gasteiger partial charge in [0.2, 0.25) is 0 Å². The van der Waals surface area contributed by atoms with Crippen LogP contribution in [-0.4, -0.2) is 14.8 Å². The lowest BCUT2D eigenvalue weighted by Gasteiger charge is -2.10. The van der Waals surface area contributed by atoms with E-state index < -0.39 is 0 Å². The topological polar surface area (TPSA) is 66.5 Å². The molecule has 21 heavy (non-hydrogen) atoms. The summed E-state index contributed by atoms with van der Waals surface area (Å²) in [5.41, 5.74) is 1.31. The van der Waals surface area contributed by atoms with Gasteiger partial charge < -0.3 is 9.88 Å². The molecule has 108 valence electrons. The van der Waals surface area contributed by atoms with Crippen molar-refractivity contribution in [2.75, 3.05) is 5.32 Å². The van der Waals surface area contributed by atoms with Crippen LogP contribution in [0, 0.1) is 11.3 Å². The number of aryl methyl sites for hydroxylation is 1. The molecule has 0 amide bonds. The van der Waals surface area contributed by atoms with Crippen LogP contribution in [0.2, 0.25) is 5.02 Å². The summed E-state index contributed by atoms with van der Waals surface area (Å²) in [5.74, 6) is 1.98. The molecule has 0 bridgehead atoms. The van der Waals surface area contributed by atoms with Crippen molar-refractivity contribution in [1.82, 2.24) is 14.8 Å². The Morgan fingerprint density at radius 3 is 3.05 bits per heavy atom. The highest BCUT2D eigenvalue weighted by atomic mass is 35.5. The third kappa shape index (κ3) is 3.01. The summed E-state index contributed by atoms with van der Waals surface area (Å²) in [6.07, 6.45) is 4.58. The lowest BCUT2D eigenvalue weighted by Crippen LogP contribution is -2.10. The van der Waals surface area contributed by atoms with E-state index >= 15 is 0 Å². The highest BCUT2D eigenvalue weighted by Gasteiger charge is 2.14. The number of halogens is 1. The molecule has 1 aliphatic rings. The number of nitrogens with zero attached hydrogens (tertiary/aromatic N) is 4. The number of anilines is 1. The van der Waals surface area contributed by atoms with Crippen LogP contribution < -0.4 is 5.32 Å². The first-order chi connectivity index (χ1) is 10.3. The summed E-state index contributed by atoms with van der Waals surface area (Å²) in [4.78, 5) is 0. The van der Waals surface area contributed by atoms with Gasteiger partial charge in [0.15, 0.2) is 5.82 Å². The average molecular weight is 302 g/mol. The second-order valence-electron chi connectivity index (χ2n) is 5.15. The number of rotatable bonds is 3. The molecule has 2 heterocycles. The van der Waals surface area contributed by atoms with E-state index in [-0.39, 0.29) is 0 Å². The summed E-state index contributed by atoms with van der Waals surface area (Å²) >= 11 is 5.99. The first-order valence-electron chi connectivity index (χ1n) is 7.12. The predicted molar refractivity (Wildman–Crippen MR) is 81.1 cm³/mol. The second-order valence-corrected chi connectivity index (χ2v) is 5.59. The van der Waals surface area contributed by atoms with E-state index in [1.165, 1.54) is 19.3 Å². The molecule has 1 aromatic heterocycles. The molecular formula is C15H16ClN5. The maximum Gasteiger partial charge on any atom is 0.152 e. The van der Waals surface area contributed by atoms with E-state index in [0.29, 0.717) is 17.1 Å². The second kappa shape index (κ2) is 6.15. The number of hydrogen-bond donors (Lipinski definition) is 1. The van der Waals surface area contributed by atoms with Gasteiger partial charge in [0, 0.05) is 18.0 Å². The van der Waals surface area contributed by atoms with E-state index in [1.54, 1.807) is 18.2 Å². The number of hydrogen-bond acceptors (Lipinski definition) is 4. The Morgan fingerprint density at radius 1 is 1.29 bits per heavy atom. The number of benzene rings is 1. The maximum absolute atomic E-state index is 9.13. The van der Waals surface area contributed by atoms with Crippen molar-refractivity contribution in [2.45, 2.75) is 38.8 Å². The minimum Gasteiger partial charge on any atom is -0.377 e. The number of nitrogens with one attached hydrogen (secondary N) is 1. The Balaban J connectivity index is 1.78. The monoisotopic (exact) mass is 301 g/mol.